The van der Waals surface area contributed by atoms with Gasteiger partial charge in [0.1, 0.15) is 5.75 Å². The molecule has 0 atom stereocenters. The number of aromatic hydroxyl groups is 1. The summed E-state index contributed by atoms with van der Waals surface area (Å²) in [5.74, 6) is 0.394. The van der Waals surface area contributed by atoms with E-state index in [1.54, 1.807) is 0 Å². The molecule has 0 unspecified atom stereocenters. The summed E-state index contributed by atoms with van der Waals surface area (Å²) in [5, 5.41) is 11.9. The first kappa shape index (κ1) is 19.5. The van der Waals surface area contributed by atoms with Crippen LogP contribution < -0.4 is 0 Å². The van der Waals surface area contributed by atoms with Crippen molar-refractivity contribution in [3.8, 4) is 17.0 Å². The summed E-state index contributed by atoms with van der Waals surface area (Å²) in [4.78, 5) is 3.53. The van der Waals surface area contributed by atoms with E-state index in [1.807, 2.05) is 6.07 Å². The minimum atomic E-state index is 0.394. The van der Waals surface area contributed by atoms with Gasteiger partial charge in [-0.3, -0.25) is 0 Å². The highest BCUT2D eigenvalue weighted by Crippen LogP contribution is 2.37. The van der Waals surface area contributed by atoms with Gasteiger partial charge in [0.05, 0.1) is 5.69 Å². The van der Waals surface area contributed by atoms with Gasteiger partial charge in [-0.25, -0.2) is 0 Å². The van der Waals surface area contributed by atoms with Crippen LogP contribution in [0.15, 0.2) is 42.5 Å². The third-order valence-corrected chi connectivity index (χ3v) is 5.52. The third kappa shape index (κ3) is 4.74. The zero-order chi connectivity index (χ0) is 19.1. The smallest absolute Gasteiger partial charge is 0.125 e. The highest BCUT2D eigenvalue weighted by molar-refractivity contribution is 5.88. The molecule has 0 saturated carbocycles. The van der Waals surface area contributed by atoms with Crippen molar-refractivity contribution in [2.75, 3.05) is 0 Å². The quantitative estimate of drug-likeness (QED) is 0.362. The molecule has 3 aromatic rings. The van der Waals surface area contributed by atoms with Crippen LogP contribution in [0.5, 0.6) is 5.75 Å². The number of phenols is 1. The Hall–Kier alpha value is -2.22. The highest BCUT2D eigenvalue weighted by Gasteiger charge is 2.16. The van der Waals surface area contributed by atoms with Gasteiger partial charge in [-0.05, 0) is 55.0 Å². The Morgan fingerprint density at radius 1 is 0.815 bits per heavy atom. The lowest BCUT2D eigenvalue weighted by atomic mass is 9.90. The van der Waals surface area contributed by atoms with Crippen molar-refractivity contribution in [2.45, 2.75) is 71.6 Å². The van der Waals surface area contributed by atoms with Crippen LogP contribution in [0.2, 0.25) is 0 Å². The molecule has 0 aliphatic carbocycles. The molecule has 27 heavy (non-hydrogen) atoms. The van der Waals surface area contributed by atoms with E-state index in [1.165, 1.54) is 61.5 Å². The summed E-state index contributed by atoms with van der Waals surface area (Å²) < 4.78 is 0. The average Bonchev–Trinajstić information content (AvgIpc) is 3.10. The molecule has 0 bridgehead atoms. The molecule has 144 valence electrons. The van der Waals surface area contributed by atoms with E-state index >= 15 is 0 Å². The Bertz CT molecular complexity index is 829. The van der Waals surface area contributed by atoms with Gasteiger partial charge in [-0.1, -0.05) is 70.2 Å². The summed E-state index contributed by atoms with van der Waals surface area (Å²) in [6.45, 7) is 4.50. The van der Waals surface area contributed by atoms with Crippen molar-refractivity contribution in [1.29, 1.82) is 0 Å². The van der Waals surface area contributed by atoms with Crippen LogP contribution >= 0.6 is 0 Å². The number of aromatic amines is 1. The number of phenolic OH excluding ortho intramolecular Hbond substituents is 1. The van der Waals surface area contributed by atoms with Gasteiger partial charge in [-0.15, -0.1) is 0 Å². The number of para-hydroxylation sites is 1. The van der Waals surface area contributed by atoms with Crippen molar-refractivity contribution in [3.63, 3.8) is 0 Å². The van der Waals surface area contributed by atoms with Crippen molar-refractivity contribution >= 4 is 10.9 Å². The monoisotopic (exact) mass is 363 g/mol. The number of hydrogen-bond acceptors (Lipinski definition) is 1. The van der Waals surface area contributed by atoms with Gasteiger partial charge in [0, 0.05) is 16.5 Å². The zero-order valence-corrected chi connectivity index (χ0v) is 16.9. The molecule has 0 saturated heterocycles. The molecule has 2 nitrogen and oxygen atoms in total. The summed E-state index contributed by atoms with van der Waals surface area (Å²) in [6.07, 6.45) is 10.9. The Balaban J connectivity index is 1.96. The van der Waals surface area contributed by atoms with Crippen LogP contribution in [0.1, 0.15) is 69.9 Å². The minimum Gasteiger partial charge on any atom is -0.507 e. The second kappa shape index (κ2) is 9.64. The number of aromatic nitrogens is 1. The summed E-state index contributed by atoms with van der Waals surface area (Å²) >= 11 is 0. The normalized spacial score (nSPS) is 11.3. The number of unbranched alkanes of at least 4 members (excludes halogenated alkanes) is 5. The fourth-order valence-corrected chi connectivity index (χ4v) is 3.98. The van der Waals surface area contributed by atoms with E-state index < -0.39 is 0 Å². The number of hydrogen-bond donors (Lipinski definition) is 2. The average molecular weight is 364 g/mol. The fraction of sp³-hybridized carbons (Fsp3) is 0.440. The number of rotatable bonds is 10. The first-order valence-electron chi connectivity index (χ1n) is 10.7. The van der Waals surface area contributed by atoms with Gasteiger partial charge < -0.3 is 10.1 Å². The standard InChI is InChI=1S/C25H33NO/c1-3-5-7-8-9-14-21-19(12-6-4-2)16-17-24(27)25(21)23-18-20-13-10-11-15-22(20)26-23/h10-11,13,15-18,26-27H,3-9,12,14H2,1-2H3. The maximum atomic E-state index is 10.7. The summed E-state index contributed by atoms with van der Waals surface area (Å²) in [6, 6.07) is 14.5. The van der Waals surface area contributed by atoms with Crippen LogP contribution in [0.3, 0.4) is 0 Å². The van der Waals surface area contributed by atoms with E-state index in [-0.39, 0.29) is 0 Å². The summed E-state index contributed by atoms with van der Waals surface area (Å²) in [7, 11) is 0. The maximum Gasteiger partial charge on any atom is 0.125 e. The van der Waals surface area contributed by atoms with E-state index in [9.17, 15) is 5.11 Å². The minimum absolute atomic E-state index is 0.394. The maximum absolute atomic E-state index is 10.7. The van der Waals surface area contributed by atoms with Crippen LogP contribution in [-0.4, -0.2) is 10.1 Å². The van der Waals surface area contributed by atoms with E-state index in [4.69, 9.17) is 0 Å². The van der Waals surface area contributed by atoms with Crippen LogP contribution in [0.25, 0.3) is 22.2 Å². The van der Waals surface area contributed by atoms with E-state index in [0.717, 1.165) is 29.6 Å². The molecule has 0 fully saturated rings. The lowest BCUT2D eigenvalue weighted by Gasteiger charge is -2.16. The molecular weight excluding hydrogens is 330 g/mol. The Morgan fingerprint density at radius 2 is 1.59 bits per heavy atom. The van der Waals surface area contributed by atoms with Gasteiger partial charge in [0.15, 0.2) is 0 Å². The Kier molecular flexibility index (Phi) is 6.98. The second-order valence-corrected chi connectivity index (χ2v) is 7.64. The first-order chi connectivity index (χ1) is 13.2. The van der Waals surface area contributed by atoms with Crippen LogP contribution in [0.4, 0.5) is 0 Å². The molecule has 0 radical (unpaired) electrons. The molecule has 0 aliphatic rings. The third-order valence-electron chi connectivity index (χ3n) is 5.52. The van der Waals surface area contributed by atoms with Crippen LogP contribution in [0, 0.1) is 0 Å². The lowest BCUT2D eigenvalue weighted by molar-refractivity contribution is 0.476. The molecule has 1 heterocycles. The number of benzene rings is 2. The van der Waals surface area contributed by atoms with E-state index in [2.05, 4.69) is 55.2 Å². The second-order valence-electron chi connectivity index (χ2n) is 7.64. The topological polar surface area (TPSA) is 36.0 Å². The number of nitrogens with one attached hydrogen (secondary N) is 1. The first-order valence-corrected chi connectivity index (χ1v) is 10.7. The van der Waals surface area contributed by atoms with Gasteiger partial charge in [0.2, 0.25) is 0 Å². The van der Waals surface area contributed by atoms with Gasteiger partial charge in [0.25, 0.3) is 0 Å². The Morgan fingerprint density at radius 3 is 2.37 bits per heavy atom. The summed E-state index contributed by atoms with van der Waals surface area (Å²) in [5.41, 5.74) is 5.91. The van der Waals surface area contributed by atoms with Crippen molar-refractivity contribution in [2.24, 2.45) is 0 Å². The molecular formula is C25H33NO. The Labute approximate surface area is 163 Å². The predicted octanol–water partition coefficient (Wildman–Crippen LogP) is 7.40. The van der Waals surface area contributed by atoms with Gasteiger partial charge in [-0.2, -0.15) is 0 Å². The molecule has 2 N–H and O–H groups in total. The van der Waals surface area contributed by atoms with E-state index in [0.29, 0.717) is 5.75 Å². The van der Waals surface area contributed by atoms with Crippen molar-refractivity contribution in [1.82, 2.24) is 4.98 Å². The van der Waals surface area contributed by atoms with Crippen molar-refractivity contribution in [3.05, 3.63) is 53.6 Å². The van der Waals surface area contributed by atoms with Crippen molar-refractivity contribution < 1.29 is 5.11 Å². The predicted molar refractivity (Wildman–Crippen MR) is 116 cm³/mol. The zero-order valence-electron chi connectivity index (χ0n) is 16.9. The molecule has 0 aliphatic heterocycles. The van der Waals surface area contributed by atoms with Gasteiger partial charge >= 0.3 is 0 Å². The number of fused-ring (bicyclic) bond motifs is 1. The number of H-pyrrole nitrogens is 1. The fourth-order valence-electron chi connectivity index (χ4n) is 3.98. The SMILES string of the molecule is CCCCCCCc1c(CCCC)ccc(O)c1-c1cc2ccccc2[nH]1. The van der Waals surface area contributed by atoms with Crippen LogP contribution in [-0.2, 0) is 12.8 Å². The largest absolute Gasteiger partial charge is 0.507 e. The highest BCUT2D eigenvalue weighted by atomic mass is 16.3. The molecule has 1 aromatic heterocycles. The number of aryl methyl sites for hydroxylation is 1. The molecule has 2 heteroatoms. The molecule has 0 amide bonds. The molecule has 3 rings (SSSR count). The molecule has 2 aromatic carbocycles. The molecule has 0 spiro atoms. The lowest BCUT2D eigenvalue weighted by Crippen LogP contribution is -1.99.